The molecule has 1 saturated heterocycles. The fraction of sp³-hybridized carbons (Fsp3) is 0.818. The monoisotopic (exact) mass is 241 g/mol. The van der Waals surface area contributed by atoms with Crippen molar-refractivity contribution in [3.05, 3.63) is 0 Å². The van der Waals surface area contributed by atoms with Gasteiger partial charge in [0.1, 0.15) is 6.04 Å². The minimum absolute atomic E-state index is 0.0127. The van der Waals surface area contributed by atoms with Crippen LogP contribution in [0.2, 0.25) is 0 Å². The molecular weight excluding hydrogens is 222 g/mol. The van der Waals surface area contributed by atoms with E-state index in [4.69, 9.17) is 10.8 Å². The molecule has 2 rings (SSSR count). The molecule has 2 unspecified atom stereocenters. The molecule has 6 nitrogen and oxygen atoms in total. The molecule has 2 aliphatic rings. The Labute approximate surface area is 100 Å². The van der Waals surface area contributed by atoms with Gasteiger partial charge in [0.25, 0.3) is 0 Å². The van der Waals surface area contributed by atoms with Gasteiger partial charge in [0.2, 0.25) is 0 Å². The summed E-state index contributed by atoms with van der Waals surface area (Å²) in [6, 6.07) is -1.01. The maximum atomic E-state index is 11.9. The summed E-state index contributed by atoms with van der Waals surface area (Å²) in [5.74, 6) is -0.836. The molecule has 0 spiro atoms. The van der Waals surface area contributed by atoms with Gasteiger partial charge in [-0.1, -0.05) is 0 Å². The Hall–Kier alpha value is -1.30. The Balaban J connectivity index is 1.88. The number of carboxylic acid groups (broad SMARTS) is 1. The summed E-state index contributed by atoms with van der Waals surface area (Å²) in [5.41, 5.74) is 5.79. The normalized spacial score (nSPS) is 26.4. The average molecular weight is 241 g/mol. The number of carbonyl (C=O) groups is 2. The quantitative estimate of drug-likeness (QED) is 0.647. The van der Waals surface area contributed by atoms with Crippen LogP contribution in [0, 0.1) is 5.92 Å². The molecule has 96 valence electrons. The predicted molar refractivity (Wildman–Crippen MR) is 61.5 cm³/mol. The number of aliphatic carboxylic acids is 1. The molecule has 0 aromatic rings. The zero-order valence-electron chi connectivity index (χ0n) is 9.76. The van der Waals surface area contributed by atoms with Crippen LogP contribution < -0.4 is 11.1 Å². The third-order valence-corrected chi connectivity index (χ3v) is 3.38. The van der Waals surface area contributed by atoms with Gasteiger partial charge in [-0.15, -0.1) is 0 Å². The Kier molecular flexibility index (Phi) is 3.51. The highest BCUT2D eigenvalue weighted by Gasteiger charge is 2.38. The van der Waals surface area contributed by atoms with E-state index in [9.17, 15) is 9.59 Å². The summed E-state index contributed by atoms with van der Waals surface area (Å²) in [5, 5.41) is 11.6. The smallest absolute Gasteiger partial charge is 0.326 e. The fourth-order valence-corrected chi connectivity index (χ4v) is 2.23. The number of nitrogens with one attached hydrogen (secondary N) is 1. The molecule has 17 heavy (non-hydrogen) atoms. The second kappa shape index (κ2) is 4.91. The maximum absolute atomic E-state index is 11.9. The van der Waals surface area contributed by atoms with Crippen molar-refractivity contribution in [2.75, 3.05) is 13.1 Å². The van der Waals surface area contributed by atoms with Gasteiger partial charge < -0.3 is 21.1 Å². The summed E-state index contributed by atoms with van der Waals surface area (Å²) in [6.07, 6.45) is 3.58. The molecule has 0 bridgehead atoms. The van der Waals surface area contributed by atoms with Crippen molar-refractivity contribution in [2.24, 2.45) is 11.7 Å². The van der Waals surface area contributed by atoms with Crippen LogP contribution in [0.4, 0.5) is 4.79 Å². The summed E-state index contributed by atoms with van der Waals surface area (Å²) in [4.78, 5) is 24.5. The van der Waals surface area contributed by atoms with Crippen LogP contribution >= 0.6 is 0 Å². The number of piperidine rings is 1. The molecule has 1 saturated carbocycles. The number of nitrogens with zero attached hydrogens (tertiary/aromatic N) is 1. The predicted octanol–water partition coefficient (Wildman–Crippen LogP) is -0.0177. The van der Waals surface area contributed by atoms with Crippen LogP contribution in [0.15, 0.2) is 0 Å². The third kappa shape index (κ3) is 3.09. The lowest BCUT2D eigenvalue weighted by Gasteiger charge is -2.31. The summed E-state index contributed by atoms with van der Waals surface area (Å²) >= 11 is 0. The topological polar surface area (TPSA) is 95.7 Å². The molecule has 2 atom stereocenters. The summed E-state index contributed by atoms with van der Waals surface area (Å²) in [7, 11) is 0. The Morgan fingerprint density at radius 1 is 1.35 bits per heavy atom. The van der Waals surface area contributed by atoms with Crippen molar-refractivity contribution in [3.8, 4) is 0 Å². The zero-order valence-corrected chi connectivity index (χ0v) is 9.76. The standard InChI is InChI=1S/C11H19N3O3/c12-8-2-1-5-14(6-8)11(17)13-9(10(15)16)7-3-4-7/h7-9H,1-6,12H2,(H,13,17)(H,15,16). The number of hydrogen-bond acceptors (Lipinski definition) is 3. The lowest BCUT2D eigenvalue weighted by Crippen LogP contribution is -2.53. The van der Waals surface area contributed by atoms with Crippen molar-refractivity contribution < 1.29 is 14.7 Å². The number of nitrogens with two attached hydrogens (primary N) is 1. The highest BCUT2D eigenvalue weighted by Crippen LogP contribution is 2.32. The molecule has 1 aliphatic carbocycles. The van der Waals surface area contributed by atoms with Gasteiger partial charge in [-0.25, -0.2) is 9.59 Å². The van der Waals surface area contributed by atoms with E-state index in [1.165, 1.54) is 0 Å². The molecule has 2 fully saturated rings. The van der Waals surface area contributed by atoms with Crippen LogP contribution in [0.25, 0.3) is 0 Å². The molecule has 2 amide bonds. The Bertz CT molecular complexity index is 317. The summed E-state index contributed by atoms with van der Waals surface area (Å²) < 4.78 is 0. The van der Waals surface area contributed by atoms with E-state index < -0.39 is 12.0 Å². The number of rotatable bonds is 3. The number of carboxylic acids is 1. The number of hydrogen-bond donors (Lipinski definition) is 3. The van der Waals surface area contributed by atoms with Crippen LogP contribution in [-0.4, -0.2) is 47.2 Å². The Morgan fingerprint density at radius 3 is 2.59 bits per heavy atom. The van der Waals surface area contributed by atoms with E-state index >= 15 is 0 Å². The first-order chi connectivity index (χ1) is 8.08. The van der Waals surface area contributed by atoms with Crippen LogP contribution in [-0.2, 0) is 4.79 Å². The largest absolute Gasteiger partial charge is 0.480 e. The maximum Gasteiger partial charge on any atom is 0.326 e. The van der Waals surface area contributed by atoms with Crippen molar-refractivity contribution in [2.45, 2.75) is 37.8 Å². The zero-order chi connectivity index (χ0) is 12.4. The lowest BCUT2D eigenvalue weighted by molar-refractivity contribution is -0.139. The van der Waals surface area contributed by atoms with E-state index in [2.05, 4.69) is 5.32 Å². The fourth-order valence-electron chi connectivity index (χ4n) is 2.23. The van der Waals surface area contributed by atoms with Crippen molar-refractivity contribution >= 4 is 12.0 Å². The molecule has 6 heteroatoms. The average Bonchev–Trinajstić information content (AvgIpc) is 3.09. The second-order valence-electron chi connectivity index (χ2n) is 4.95. The Morgan fingerprint density at radius 2 is 2.06 bits per heavy atom. The van der Waals surface area contributed by atoms with E-state index in [0.717, 1.165) is 25.7 Å². The van der Waals surface area contributed by atoms with Gasteiger partial charge in [-0.2, -0.15) is 0 Å². The third-order valence-electron chi connectivity index (χ3n) is 3.38. The van der Waals surface area contributed by atoms with Gasteiger partial charge >= 0.3 is 12.0 Å². The van der Waals surface area contributed by atoms with Gasteiger partial charge in [0, 0.05) is 19.1 Å². The summed E-state index contributed by atoms with van der Waals surface area (Å²) in [6.45, 7) is 1.18. The van der Waals surface area contributed by atoms with Crippen LogP contribution in [0.3, 0.4) is 0 Å². The van der Waals surface area contributed by atoms with Crippen LogP contribution in [0.1, 0.15) is 25.7 Å². The van der Waals surface area contributed by atoms with Gasteiger partial charge in [-0.05, 0) is 31.6 Å². The first kappa shape index (κ1) is 12.2. The molecule has 0 radical (unpaired) electrons. The molecule has 0 aromatic carbocycles. The minimum atomic E-state index is -0.942. The van der Waals surface area contributed by atoms with E-state index in [1.807, 2.05) is 0 Å². The number of amides is 2. The molecule has 1 heterocycles. The van der Waals surface area contributed by atoms with Crippen molar-refractivity contribution in [1.29, 1.82) is 0 Å². The van der Waals surface area contributed by atoms with E-state index in [-0.39, 0.29) is 18.0 Å². The minimum Gasteiger partial charge on any atom is -0.480 e. The first-order valence-corrected chi connectivity index (χ1v) is 6.11. The molecule has 4 N–H and O–H groups in total. The second-order valence-corrected chi connectivity index (χ2v) is 4.95. The van der Waals surface area contributed by atoms with Crippen molar-refractivity contribution in [3.63, 3.8) is 0 Å². The molecular formula is C11H19N3O3. The molecule has 1 aliphatic heterocycles. The van der Waals surface area contributed by atoms with Gasteiger partial charge in [-0.3, -0.25) is 0 Å². The van der Waals surface area contributed by atoms with E-state index in [1.54, 1.807) is 4.90 Å². The molecule has 0 aromatic heterocycles. The first-order valence-electron chi connectivity index (χ1n) is 6.11. The lowest BCUT2D eigenvalue weighted by atomic mass is 10.1. The SMILES string of the molecule is NC1CCCN(C(=O)NC(C(=O)O)C2CC2)C1. The van der Waals surface area contributed by atoms with Gasteiger partial charge in [0.15, 0.2) is 0 Å². The highest BCUT2D eigenvalue weighted by atomic mass is 16.4. The van der Waals surface area contributed by atoms with Gasteiger partial charge in [0.05, 0.1) is 0 Å². The number of carbonyl (C=O) groups excluding carboxylic acids is 1. The van der Waals surface area contributed by atoms with E-state index in [0.29, 0.717) is 13.1 Å². The number of likely N-dealkylation sites (tertiary alicyclic amines) is 1. The highest BCUT2D eigenvalue weighted by molar-refractivity contribution is 5.83. The number of urea groups is 1. The van der Waals surface area contributed by atoms with Crippen molar-refractivity contribution in [1.82, 2.24) is 10.2 Å². The van der Waals surface area contributed by atoms with Crippen LogP contribution in [0.5, 0.6) is 0 Å².